The first-order valence-corrected chi connectivity index (χ1v) is 10.4. The first-order valence-electron chi connectivity index (χ1n) is 10.1. The number of hydrogen-bond donors (Lipinski definition) is 0. The van der Waals surface area contributed by atoms with Gasteiger partial charge >= 0.3 is 0 Å². The van der Waals surface area contributed by atoms with Crippen molar-refractivity contribution in [1.82, 2.24) is 14.1 Å². The zero-order chi connectivity index (χ0) is 22.4. The van der Waals surface area contributed by atoms with E-state index in [2.05, 4.69) is 4.98 Å². The number of hydrogen-bond acceptors (Lipinski definition) is 2. The van der Waals surface area contributed by atoms with Gasteiger partial charge in [-0.05, 0) is 54.4 Å². The summed E-state index contributed by atoms with van der Waals surface area (Å²) in [5.74, 6) is -0.749. The van der Waals surface area contributed by atoms with Gasteiger partial charge in [0.25, 0.3) is 5.56 Å². The van der Waals surface area contributed by atoms with Crippen LogP contribution in [0.4, 0.5) is 8.78 Å². The van der Waals surface area contributed by atoms with Gasteiger partial charge in [-0.25, -0.2) is 13.8 Å². The van der Waals surface area contributed by atoms with E-state index in [1.54, 1.807) is 18.2 Å². The van der Waals surface area contributed by atoms with E-state index in [-0.39, 0.29) is 17.9 Å². The smallest absolute Gasteiger partial charge is 0.278 e. The molecule has 160 valence electrons. The molecule has 0 radical (unpaired) electrons. The summed E-state index contributed by atoms with van der Waals surface area (Å²) in [6.07, 6.45) is 1.52. The lowest BCUT2D eigenvalue weighted by molar-refractivity contribution is 0.625. The van der Waals surface area contributed by atoms with Gasteiger partial charge in [0, 0.05) is 17.0 Å². The van der Waals surface area contributed by atoms with Crippen molar-refractivity contribution in [3.63, 3.8) is 0 Å². The minimum Gasteiger partial charge on any atom is -0.330 e. The van der Waals surface area contributed by atoms with Gasteiger partial charge in [-0.1, -0.05) is 41.4 Å². The van der Waals surface area contributed by atoms with Crippen LogP contribution in [0.2, 0.25) is 5.02 Å². The number of rotatable bonds is 4. The summed E-state index contributed by atoms with van der Waals surface area (Å²) >= 11 is 6.28. The zero-order valence-electron chi connectivity index (χ0n) is 17.1. The van der Waals surface area contributed by atoms with E-state index in [0.717, 1.165) is 22.0 Å². The Morgan fingerprint density at radius 2 is 1.69 bits per heavy atom. The number of aryl methyl sites for hydroxylation is 1. The van der Waals surface area contributed by atoms with Gasteiger partial charge < -0.3 is 4.57 Å². The lowest BCUT2D eigenvalue weighted by Crippen LogP contribution is -2.23. The van der Waals surface area contributed by atoms with Crippen molar-refractivity contribution >= 4 is 33.5 Å². The Kier molecular flexibility index (Phi) is 5.02. The second-order valence-corrected chi connectivity index (χ2v) is 8.25. The van der Waals surface area contributed by atoms with Crippen LogP contribution in [0.25, 0.3) is 21.9 Å². The van der Waals surface area contributed by atoms with Crippen LogP contribution in [0.1, 0.15) is 16.7 Å². The molecule has 4 nitrogen and oxygen atoms in total. The third-order valence-electron chi connectivity index (χ3n) is 5.59. The van der Waals surface area contributed by atoms with Crippen molar-refractivity contribution in [2.45, 2.75) is 20.0 Å². The van der Waals surface area contributed by atoms with Crippen molar-refractivity contribution < 1.29 is 8.78 Å². The highest BCUT2D eigenvalue weighted by Crippen LogP contribution is 2.29. The van der Waals surface area contributed by atoms with E-state index in [0.29, 0.717) is 28.2 Å². The fourth-order valence-electron chi connectivity index (χ4n) is 4.00. The van der Waals surface area contributed by atoms with Gasteiger partial charge in [0.1, 0.15) is 22.7 Å². The van der Waals surface area contributed by atoms with Gasteiger partial charge in [-0.2, -0.15) is 0 Å². The third-order valence-corrected chi connectivity index (χ3v) is 5.94. The second kappa shape index (κ2) is 7.88. The summed E-state index contributed by atoms with van der Waals surface area (Å²) in [5, 5.41) is 1.16. The molecule has 3 aromatic carbocycles. The van der Waals surface area contributed by atoms with E-state index in [1.807, 2.05) is 29.7 Å². The molecule has 0 atom stereocenters. The zero-order valence-corrected chi connectivity index (χ0v) is 17.9. The molecule has 0 unspecified atom stereocenters. The molecule has 2 heterocycles. The number of benzene rings is 3. The van der Waals surface area contributed by atoms with Crippen LogP contribution in [-0.4, -0.2) is 14.1 Å². The lowest BCUT2D eigenvalue weighted by atomic mass is 10.1. The standard InChI is InChI=1S/C25H18ClF2N3O/c1-15-2-9-22-20(10-15)23-24(31(22)13-17-5-8-19(28)11-21(17)26)25(32)30(14-29-23)12-16-3-6-18(27)7-4-16/h2-11,14H,12-13H2,1H3. The molecule has 32 heavy (non-hydrogen) atoms. The minimum atomic E-state index is -0.417. The highest BCUT2D eigenvalue weighted by Gasteiger charge is 2.18. The summed E-state index contributed by atoms with van der Waals surface area (Å²) in [6, 6.07) is 16.2. The molecule has 5 aromatic rings. The molecule has 7 heteroatoms. The maximum Gasteiger partial charge on any atom is 0.278 e. The Labute approximate surface area is 187 Å². The summed E-state index contributed by atoms with van der Waals surface area (Å²) in [4.78, 5) is 18.1. The van der Waals surface area contributed by atoms with E-state index in [1.165, 1.54) is 35.2 Å². The van der Waals surface area contributed by atoms with Crippen molar-refractivity contribution in [2.24, 2.45) is 0 Å². The fourth-order valence-corrected chi connectivity index (χ4v) is 4.22. The Balaban J connectivity index is 1.72. The molecule has 0 N–H and O–H groups in total. The minimum absolute atomic E-state index is 0.216. The van der Waals surface area contributed by atoms with Crippen LogP contribution < -0.4 is 5.56 Å². The number of aromatic nitrogens is 3. The maximum atomic E-state index is 13.5. The van der Waals surface area contributed by atoms with Gasteiger partial charge in [0.05, 0.1) is 18.4 Å². The van der Waals surface area contributed by atoms with Crippen LogP contribution in [0, 0.1) is 18.6 Å². The first kappa shape index (κ1) is 20.4. The van der Waals surface area contributed by atoms with Crippen molar-refractivity contribution in [1.29, 1.82) is 0 Å². The highest BCUT2D eigenvalue weighted by molar-refractivity contribution is 6.31. The quantitative estimate of drug-likeness (QED) is 0.353. The predicted molar refractivity (Wildman–Crippen MR) is 122 cm³/mol. The first-order chi connectivity index (χ1) is 15.4. The van der Waals surface area contributed by atoms with Crippen LogP contribution in [0.5, 0.6) is 0 Å². The molecule has 0 saturated carbocycles. The second-order valence-electron chi connectivity index (χ2n) is 7.84. The van der Waals surface area contributed by atoms with E-state index >= 15 is 0 Å². The SMILES string of the molecule is Cc1ccc2c(c1)c1ncn(Cc3ccc(F)cc3)c(=O)c1n2Cc1ccc(F)cc1Cl. The third kappa shape index (κ3) is 3.56. The van der Waals surface area contributed by atoms with Crippen molar-refractivity contribution in [2.75, 3.05) is 0 Å². The van der Waals surface area contributed by atoms with Gasteiger partial charge in [-0.3, -0.25) is 9.36 Å². The molecule has 0 amide bonds. The molecule has 0 aliphatic heterocycles. The molecule has 0 fully saturated rings. The van der Waals surface area contributed by atoms with E-state index < -0.39 is 5.82 Å². The van der Waals surface area contributed by atoms with Crippen LogP contribution in [-0.2, 0) is 13.1 Å². The van der Waals surface area contributed by atoms with Crippen LogP contribution in [0.15, 0.2) is 71.8 Å². The summed E-state index contributed by atoms with van der Waals surface area (Å²) in [5.41, 5.74) is 4.20. The predicted octanol–water partition coefficient (Wildman–Crippen LogP) is 5.69. The summed E-state index contributed by atoms with van der Waals surface area (Å²) in [6.45, 7) is 2.54. The Bertz CT molecular complexity index is 1540. The maximum absolute atomic E-state index is 13.5. The number of nitrogens with zero attached hydrogens (tertiary/aromatic N) is 3. The molecule has 2 aromatic heterocycles. The topological polar surface area (TPSA) is 39.8 Å². The van der Waals surface area contributed by atoms with Crippen molar-refractivity contribution in [3.8, 4) is 0 Å². The van der Waals surface area contributed by atoms with Gasteiger partial charge in [-0.15, -0.1) is 0 Å². The highest BCUT2D eigenvalue weighted by atomic mass is 35.5. The Hall–Kier alpha value is -3.51. The monoisotopic (exact) mass is 449 g/mol. The molecule has 0 saturated heterocycles. The van der Waals surface area contributed by atoms with Crippen LogP contribution >= 0.6 is 11.6 Å². The van der Waals surface area contributed by atoms with Gasteiger partial charge in [0.2, 0.25) is 0 Å². The molecule has 0 aliphatic rings. The normalized spacial score (nSPS) is 11.5. The fraction of sp³-hybridized carbons (Fsp3) is 0.120. The number of fused-ring (bicyclic) bond motifs is 3. The Morgan fingerprint density at radius 1 is 0.938 bits per heavy atom. The van der Waals surface area contributed by atoms with Crippen molar-refractivity contribution in [3.05, 3.63) is 111 Å². The average molecular weight is 450 g/mol. The summed E-state index contributed by atoms with van der Waals surface area (Å²) in [7, 11) is 0. The average Bonchev–Trinajstić information content (AvgIpc) is 3.07. The molecular weight excluding hydrogens is 432 g/mol. The van der Waals surface area contributed by atoms with Crippen LogP contribution in [0.3, 0.4) is 0 Å². The molecule has 5 rings (SSSR count). The molecular formula is C25H18ClF2N3O. The van der Waals surface area contributed by atoms with E-state index in [4.69, 9.17) is 11.6 Å². The Morgan fingerprint density at radius 3 is 2.44 bits per heavy atom. The van der Waals surface area contributed by atoms with Gasteiger partial charge in [0.15, 0.2) is 0 Å². The molecule has 0 spiro atoms. The molecule has 0 aliphatic carbocycles. The largest absolute Gasteiger partial charge is 0.330 e. The number of halogens is 3. The molecule has 0 bridgehead atoms. The van der Waals surface area contributed by atoms with E-state index in [9.17, 15) is 13.6 Å². The lowest BCUT2D eigenvalue weighted by Gasteiger charge is -2.11. The summed E-state index contributed by atoms with van der Waals surface area (Å²) < 4.78 is 30.2.